The highest BCUT2D eigenvalue weighted by molar-refractivity contribution is 5.71. The van der Waals surface area contributed by atoms with Crippen molar-refractivity contribution in [2.45, 2.75) is 348 Å². The van der Waals surface area contributed by atoms with Gasteiger partial charge in [-0.25, -0.2) is 0 Å². The second kappa shape index (κ2) is 63.6. The number of hydrogen-bond acceptors (Lipinski definition) is 6. The molecule has 0 fully saturated rings. The van der Waals surface area contributed by atoms with E-state index in [1.165, 1.54) is 231 Å². The minimum atomic E-state index is -0.804. The van der Waals surface area contributed by atoms with E-state index in [2.05, 4.69) is 75.5 Å². The molecular formula is C69H124O6. The first-order valence-corrected chi connectivity index (χ1v) is 32.8. The summed E-state index contributed by atoms with van der Waals surface area (Å²) in [6.07, 6.45) is 81.2. The lowest BCUT2D eigenvalue weighted by Crippen LogP contribution is -2.30. The van der Waals surface area contributed by atoms with Gasteiger partial charge in [0.15, 0.2) is 6.10 Å². The number of carbonyl (C=O) groups is 3. The van der Waals surface area contributed by atoms with E-state index in [1.807, 2.05) is 6.08 Å². The molecule has 0 aromatic rings. The first-order valence-electron chi connectivity index (χ1n) is 32.8. The highest BCUT2D eigenvalue weighted by atomic mass is 16.6. The molecule has 0 saturated heterocycles. The number of carbonyl (C=O) groups excluding carboxylic acids is 3. The van der Waals surface area contributed by atoms with E-state index >= 15 is 0 Å². The van der Waals surface area contributed by atoms with Gasteiger partial charge in [-0.05, 0) is 70.6 Å². The Labute approximate surface area is 466 Å². The van der Waals surface area contributed by atoms with Gasteiger partial charge >= 0.3 is 17.9 Å². The summed E-state index contributed by atoms with van der Waals surface area (Å²) in [5.41, 5.74) is 0. The van der Waals surface area contributed by atoms with Crippen molar-refractivity contribution in [3.05, 3.63) is 60.8 Å². The third kappa shape index (κ3) is 61.8. The molecule has 0 spiro atoms. The SMILES string of the molecule is CC/C=C\C/C=C\C/C=C\C/C=C\CCC(=O)OCC(COC(=O)CCCCCCCCCCCCCCCCCCCCCCCCCCCC)OC(=O)CCCCCCCCC/C=C\CCCCCCCCC. The average molecular weight is 1050 g/mol. The normalized spacial score (nSPS) is 12.4. The van der Waals surface area contributed by atoms with Crippen LogP contribution in [0.25, 0.3) is 0 Å². The fourth-order valence-corrected chi connectivity index (χ4v) is 9.63. The average Bonchev–Trinajstić information content (AvgIpc) is 3.41. The van der Waals surface area contributed by atoms with Crippen molar-refractivity contribution in [3.63, 3.8) is 0 Å². The van der Waals surface area contributed by atoms with Crippen LogP contribution in [0.2, 0.25) is 0 Å². The number of ether oxygens (including phenoxy) is 3. The van der Waals surface area contributed by atoms with Crippen LogP contribution in [0.4, 0.5) is 0 Å². The maximum atomic E-state index is 12.9. The zero-order valence-corrected chi connectivity index (χ0v) is 50.1. The minimum Gasteiger partial charge on any atom is -0.462 e. The van der Waals surface area contributed by atoms with Gasteiger partial charge in [-0.3, -0.25) is 14.4 Å². The lowest BCUT2D eigenvalue weighted by Gasteiger charge is -2.18. The van der Waals surface area contributed by atoms with Gasteiger partial charge in [0.2, 0.25) is 0 Å². The molecule has 0 aromatic carbocycles. The lowest BCUT2D eigenvalue weighted by molar-refractivity contribution is -0.166. The molecule has 0 aliphatic carbocycles. The summed E-state index contributed by atoms with van der Waals surface area (Å²) in [6, 6.07) is 0. The second-order valence-corrected chi connectivity index (χ2v) is 22.0. The Morgan fingerprint density at radius 2 is 0.547 bits per heavy atom. The van der Waals surface area contributed by atoms with E-state index in [1.54, 1.807) is 0 Å². The van der Waals surface area contributed by atoms with Gasteiger partial charge in [-0.1, -0.05) is 313 Å². The number of rotatable bonds is 60. The van der Waals surface area contributed by atoms with Crippen molar-refractivity contribution in [2.24, 2.45) is 0 Å². The molecule has 1 atom stereocenters. The molecule has 0 bridgehead atoms. The van der Waals surface area contributed by atoms with Crippen LogP contribution >= 0.6 is 0 Å². The molecule has 6 nitrogen and oxygen atoms in total. The van der Waals surface area contributed by atoms with E-state index < -0.39 is 6.10 Å². The number of esters is 3. The molecule has 75 heavy (non-hydrogen) atoms. The zero-order chi connectivity index (χ0) is 54.3. The Balaban J connectivity index is 4.27. The van der Waals surface area contributed by atoms with Crippen LogP contribution in [0, 0.1) is 0 Å². The zero-order valence-electron chi connectivity index (χ0n) is 50.1. The third-order valence-corrected chi connectivity index (χ3v) is 14.5. The summed E-state index contributed by atoms with van der Waals surface area (Å²) >= 11 is 0. The Bertz CT molecular complexity index is 1340. The first kappa shape index (κ1) is 72.1. The number of hydrogen-bond donors (Lipinski definition) is 0. The largest absolute Gasteiger partial charge is 0.462 e. The van der Waals surface area contributed by atoms with E-state index in [0.29, 0.717) is 19.3 Å². The quantitative estimate of drug-likeness (QED) is 0.0261. The summed E-state index contributed by atoms with van der Waals surface area (Å²) in [5.74, 6) is -0.967. The maximum Gasteiger partial charge on any atom is 0.306 e. The third-order valence-electron chi connectivity index (χ3n) is 14.5. The first-order chi connectivity index (χ1) is 37.0. The molecule has 0 heterocycles. The number of unbranched alkanes of at least 4 members (excludes halogenated alkanes) is 39. The van der Waals surface area contributed by atoms with Crippen LogP contribution in [-0.4, -0.2) is 37.2 Å². The summed E-state index contributed by atoms with van der Waals surface area (Å²) in [5, 5.41) is 0. The van der Waals surface area contributed by atoms with Gasteiger partial charge < -0.3 is 14.2 Å². The van der Waals surface area contributed by atoms with Crippen molar-refractivity contribution in [1.82, 2.24) is 0 Å². The lowest BCUT2D eigenvalue weighted by atomic mass is 10.0. The highest BCUT2D eigenvalue weighted by Gasteiger charge is 2.19. The van der Waals surface area contributed by atoms with Gasteiger partial charge in [0.1, 0.15) is 13.2 Å². The van der Waals surface area contributed by atoms with Crippen LogP contribution in [0.15, 0.2) is 60.8 Å². The summed E-state index contributed by atoms with van der Waals surface area (Å²) in [4.78, 5) is 38.2. The molecule has 0 aliphatic heterocycles. The summed E-state index contributed by atoms with van der Waals surface area (Å²) in [6.45, 7) is 6.51. The Kier molecular flexibility index (Phi) is 61.2. The Hall–Kier alpha value is -2.89. The smallest absolute Gasteiger partial charge is 0.306 e. The predicted molar refractivity (Wildman–Crippen MR) is 325 cm³/mol. The summed E-state index contributed by atoms with van der Waals surface area (Å²) < 4.78 is 16.9. The molecule has 1 unspecified atom stereocenters. The van der Waals surface area contributed by atoms with Crippen LogP contribution in [-0.2, 0) is 28.6 Å². The van der Waals surface area contributed by atoms with Crippen molar-refractivity contribution in [3.8, 4) is 0 Å². The van der Waals surface area contributed by atoms with E-state index in [-0.39, 0.29) is 37.5 Å². The molecule has 0 saturated carbocycles. The molecule has 6 heteroatoms. The van der Waals surface area contributed by atoms with E-state index in [4.69, 9.17) is 14.2 Å². The van der Waals surface area contributed by atoms with Crippen molar-refractivity contribution in [2.75, 3.05) is 13.2 Å². The van der Waals surface area contributed by atoms with Crippen LogP contribution in [0.5, 0.6) is 0 Å². The number of allylic oxidation sites excluding steroid dienone is 10. The van der Waals surface area contributed by atoms with E-state index in [9.17, 15) is 14.4 Å². The van der Waals surface area contributed by atoms with Gasteiger partial charge in [-0.2, -0.15) is 0 Å². The molecule has 0 N–H and O–H groups in total. The molecule has 436 valence electrons. The van der Waals surface area contributed by atoms with Crippen LogP contribution in [0.1, 0.15) is 342 Å². The van der Waals surface area contributed by atoms with Crippen molar-refractivity contribution < 1.29 is 28.6 Å². The van der Waals surface area contributed by atoms with Crippen LogP contribution in [0.3, 0.4) is 0 Å². The van der Waals surface area contributed by atoms with Gasteiger partial charge in [0.25, 0.3) is 0 Å². The predicted octanol–water partition coefficient (Wildman–Crippen LogP) is 22.3. The van der Waals surface area contributed by atoms with Crippen LogP contribution < -0.4 is 0 Å². The molecule has 0 aromatic heterocycles. The fourth-order valence-electron chi connectivity index (χ4n) is 9.63. The van der Waals surface area contributed by atoms with Crippen molar-refractivity contribution in [1.29, 1.82) is 0 Å². The Morgan fingerprint density at radius 1 is 0.280 bits per heavy atom. The van der Waals surface area contributed by atoms with Crippen molar-refractivity contribution >= 4 is 17.9 Å². The summed E-state index contributed by atoms with van der Waals surface area (Å²) in [7, 11) is 0. The highest BCUT2D eigenvalue weighted by Crippen LogP contribution is 2.18. The monoisotopic (exact) mass is 1050 g/mol. The van der Waals surface area contributed by atoms with E-state index in [0.717, 1.165) is 64.2 Å². The molecular weight excluding hydrogens is 925 g/mol. The molecule has 0 aliphatic rings. The maximum absolute atomic E-state index is 12.9. The topological polar surface area (TPSA) is 78.9 Å². The molecule has 0 radical (unpaired) electrons. The van der Waals surface area contributed by atoms with Gasteiger partial charge in [0.05, 0.1) is 0 Å². The Morgan fingerprint density at radius 3 is 0.893 bits per heavy atom. The second-order valence-electron chi connectivity index (χ2n) is 22.0. The fraction of sp³-hybridized carbons (Fsp3) is 0.812. The minimum absolute atomic E-state index is 0.0947. The van der Waals surface area contributed by atoms with Gasteiger partial charge in [0, 0.05) is 19.3 Å². The molecule has 0 amide bonds. The molecule has 0 rings (SSSR count). The van der Waals surface area contributed by atoms with Gasteiger partial charge in [-0.15, -0.1) is 0 Å². The standard InChI is InChI=1S/C69H124O6/c1-4-7-10-13-16-19-22-25-27-29-31-32-33-34-35-36-37-38-40-41-44-47-50-53-56-59-62-68(71)74-65-66(64-73-67(70)61-58-55-52-49-46-43-24-21-18-15-12-9-6-3)75-69(72)63-60-57-54-51-48-45-42-39-30-28-26-23-20-17-14-11-8-5-2/h9,12,18,21,28,30,43,46,52,55,66H,4-8,10-11,13-17,19-20,22-27,29,31-42,44-45,47-51,53-54,56-65H2,1-3H3/b12-9-,21-18-,30-28-,46-43-,55-52-.